The third kappa shape index (κ3) is 4.99. The monoisotopic (exact) mass is 460 g/mol. The van der Waals surface area contributed by atoms with Gasteiger partial charge < -0.3 is 19.4 Å². The van der Waals surface area contributed by atoms with Crippen LogP contribution in [-0.2, 0) is 30.8 Å². The lowest BCUT2D eigenvalue weighted by atomic mass is 10.2. The molecular formula is C25H21ClN4O3. The van der Waals surface area contributed by atoms with E-state index in [0.717, 1.165) is 22.7 Å². The number of para-hydroxylation sites is 1. The van der Waals surface area contributed by atoms with Crippen molar-refractivity contribution in [1.82, 2.24) is 15.3 Å². The number of ether oxygens (including phenoxy) is 1. The predicted molar refractivity (Wildman–Crippen MR) is 124 cm³/mol. The maximum absolute atomic E-state index is 12.3. The van der Waals surface area contributed by atoms with Gasteiger partial charge in [-0.1, -0.05) is 35.9 Å². The van der Waals surface area contributed by atoms with Gasteiger partial charge in [-0.2, -0.15) is 0 Å². The fourth-order valence-corrected chi connectivity index (χ4v) is 3.86. The van der Waals surface area contributed by atoms with E-state index in [1.165, 1.54) is 6.26 Å². The summed E-state index contributed by atoms with van der Waals surface area (Å²) in [4.78, 5) is 23.1. The van der Waals surface area contributed by atoms with Crippen LogP contribution in [-0.4, -0.2) is 15.9 Å². The summed E-state index contributed by atoms with van der Waals surface area (Å²) in [6.45, 7) is 1.38. The van der Waals surface area contributed by atoms with E-state index in [1.54, 1.807) is 12.3 Å². The molecule has 0 aliphatic carbocycles. The highest BCUT2D eigenvalue weighted by molar-refractivity contribution is 6.31. The number of pyridine rings is 1. The van der Waals surface area contributed by atoms with Crippen LogP contribution in [0.4, 0.5) is 5.69 Å². The van der Waals surface area contributed by atoms with Crippen LogP contribution in [0, 0.1) is 0 Å². The quantitative estimate of drug-likeness (QED) is 0.441. The van der Waals surface area contributed by atoms with Gasteiger partial charge in [-0.3, -0.25) is 9.78 Å². The number of benzene rings is 2. The van der Waals surface area contributed by atoms with Crippen molar-refractivity contribution in [3.63, 3.8) is 0 Å². The molecule has 1 aliphatic heterocycles. The van der Waals surface area contributed by atoms with Crippen molar-refractivity contribution in [2.75, 3.05) is 4.90 Å². The fourth-order valence-electron chi connectivity index (χ4n) is 3.69. The van der Waals surface area contributed by atoms with Crippen LogP contribution in [0.15, 0.2) is 77.5 Å². The lowest BCUT2D eigenvalue weighted by molar-refractivity contribution is -0.120. The molecular weight excluding hydrogens is 440 g/mol. The standard InChI is InChI=1S/C25H21ClN4O3/c26-18-8-9-23-21(11-18)30(14-17-5-1-2-7-22(17)33-23)15-25-29-20(16-32-25)12-24(31)28-13-19-6-3-4-10-27-19/h1-11,16H,12-15H2,(H,28,31). The van der Waals surface area contributed by atoms with Crippen LogP contribution < -0.4 is 15.0 Å². The van der Waals surface area contributed by atoms with Crippen LogP contribution in [0.2, 0.25) is 5.02 Å². The van der Waals surface area contributed by atoms with Gasteiger partial charge in [0.05, 0.1) is 36.6 Å². The Bertz CT molecular complexity index is 1280. The second kappa shape index (κ2) is 9.34. The molecule has 0 radical (unpaired) electrons. The maximum atomic E-state index is 12.3. The predicted octanol–water partition coefficient (Wildman–Crippen LogP) is 4.89. The molecule has 0 spiro atoms. The number of amides is 1. The molecule has 0 unspecified atom stereocenters. The Morgan fingerprint density at radius 1 is 1.06 bits per heavy atom. The normalized spacial score (nSPS) is 12.3. The van der Waals surface area contributed by atoms with Crippen LogP contribution >= 0.6 is 11.6 Å². The summed E-state index contributed by atoms with van der Waals surface area (Å²) in [5, 5.41) is 3.47. The maximum Gasteiger partial charge on any atom is 0.226 e. The van der Waals surface area contributed by atoms with Gasteiger partial charge in [0.2, 0.25) is 11.8 Å². The number of halogens is 1. The lowest BCUT2D eigenvalue weighted by Crippen LogP contribution is -2.25. The summed E-state index contributed by atoms with van der Waals surface area (Å²) >= 11 is 6.27. The molecule has 7 nitrogen and oxygen atoms in total. The number of carbonyl (C=O) groups is 1. The van der Waals surface area contributed by atoms with Crippen molar-refractivity contribution in [2.45, 2.75) is 26.1 Å². The number of oxazole rings is 1. The first kappa shape index (κ1) is 21.0. The molecule has 0 atom stereocenters. The Morgan fingerprint density at radius 2 is 1.94 bits per heavy atom. The third-order valence-electron chi connectivity index (χ3n) is 5.28. The summed E-state index contributed by atoms with van der Waals surface area (Å²) in [5.74, 6) is 1.88. The lowest BCUT2D eigenvalue weighted by Gasteiger charge is -2.22. The van der Waals surface area contributed by atoms with Gasteiger partial charge in [-0.05, 0) is 36.4 Å². The topological polar surface area (TPSA) is 80.5 Å². The number of hydrogen-bond donors (Lipinski definition) is 1. The van der Waals surface area contributed by atoms with E-state index in [1.807, 2.05) is 54.6 Å². The molecule has 2 aromatic carbocycles. The fraction of sp³-hybridized carbons (Fsp3) is 0.160. The van der Waals surface area contributed by atoms with E-state index in [9.17, 15) is 4.79 Å². The minimum Gasteiger partial charge on any atom is -0.455 e. The minimum atomic E-state index is -0.144. The highest BCUT2D eigenvalue weighted by Crippen LogP contribution is 2.40. The summed E-state index contributed by atoms with van der Waals surface area (Å²) in [6, 6.07) is 19.0. The van der Waals surface area contributed by atoms with Gasteiger partial charge in [0.25, 0.3) is 0 Å². The molecule has 8 heteroatoms. The van der Waals surface area contributed by atoms with E-state index < -0.39 is 0 Å². The summed E-state index contributed by atoms with van der Waals surface area (Å²) < 4.78 is 11.8. The molecule has 1 amide bonds. The SMILES string of the molecule is O=C(Cc1coc(CN2Cc3ccccc3Oc3ccc(Cl)cc32)n1)NCc1ccccn1. The van der Waals surface area contributed by atoms with Crippen LogP contribution in [0.3, 0.4) is 0 Å². The van der Waals surface area contributed by atoms with E-state index in [0.29, 0.717) is 42.0 Å². The van der Waals surface area contributed by atoms with Gasteiger partial charge in [0.1, 0.15) is 12.0 Å². The Hall–Kier alpha value is -3.84. The third-order valence-corrected chi connectivity index (χ3v) is 5.51. The summed E-state index contributed by atoms with van der Waals surface area (Å²) in [5.41, 5.74) is 3.27. The van der Waals surface area contributed by atoms with Crippen LogP contribution in [0.1, 0.15) is 22.8 Å². The molecule has 2 aromatic heterocycles. The molecule has 0 bridgehead atoms. The highest BCUT2D eigenvalue weighted by atomic mass is 35.5. The van der Waals surface area contributed by atoms with Crippen LogP contribution in [0.5, 0.6) is 11.5 Å². The van der Waals surface area contributed by atoms with Crippen molar-refractivity contribution in [3.8, 4) is 11.5 Å². The first-order valence-corrected chi connectivity index (χ1v) is 10.9. The van der Waals surface area contributed by atoms with Crippen molar-refractivity contribution in [1.29, 1.82) is 0 Å². The molecule has 0 saturated heterocycles. The minimum absolute atomic E-state index is 0.130. The molecule has 4 aromatic rings. The zero-order valence-electron chi connectivity index (χ0n) is 17.7. The second-order valence-electron chi connectivity index (χ2n) is 7.69. The van der Waals surface area contributed by atoms with E-state index in [-0.39, 0.29) is 12.3 Å². The number of nitrogens with zero attached hydrogens (tertiary/aromatic N) is 3. The number of rotatable bonds is 6. The first-order chi connectivity index (χ1) is 16.1. The molecule has 33 heavy (non-hydrogen) atoms. The van der Waals surface area contributed by atoms with Gasteiger partial charge in [0, 0.05) is 23.3 Å². The number of carbonyl (C=O) groups excluding carboxylic acids is 1. The van der Waals surface area contributed by atoms with Gasteiger partial charge in [-0.25, -0.2) is 4.98 Å². The van der Waals surface area contributed by atoms with Crippen molar-refractivity contribution in [3.05, 3.63) is 101 Å². The van der Waals surface area contributed by atoms with Gasteiger partial charge >= 0.3 is 0 Å². The smallest absolute Gasteiger partial charge is 0.226 e. The molecule has 5 rings (SSSR count). The number of hydrogen-bond acceptors (Lipinski definition) is 6. The largest absolute Gasteiger partial charge is 0.455 e. The van der Waals surface area contributed by atoms with Crippen molar-refractivity contribution in [2.24, 2.45) is 0 Å². The second-order valence-corrected chi connectivity index (χ2v) is 8.12. The highest BCUT2D eigenvalue weighted by Gasteiger charge is 2.23. The van der Waals surface area contributed by atoms with Crippen molar-refractivity contribution < 1.29 is 13.9 Å². The van der Waals surface area contributed by atoms with Crippen molar-refractivity contribution >= 4 is 23.2 Å². The Kier molecular flexibility index (Phi) is 5.95. The summed E-state index contributed by atoms with van der Waals surface area (Å²) in [7, 11) is 0. The average molecular weight is 461 g/mol. The molecule has 0 fully saturated rings. The average Bonchev–Trinajstić information content (AvgIpc) is 3.20. The molecule has 1 N–H and O–H groups in total. The van der Waals surface area contributed by atoms with E-state index >= 15 is 0 Å². The molecule has 3 heterocycles. The number of nitrogens with one attached hydrogen (secondary N) is 1. The summed E-state index contributed by atoms with van der Waals surface area (Å²) in [6.07, 6.45) is 3.35. The van der Waals surface area contributed by atoms with Gasteiger partial charge in [-0.15, -0.1) is 0 Å². The van der Waals surface area contributed by atoms with Gasteiger partial charge in [0.15, 0.2) is 5.75 Å². The number of fused-ring (bicyclic) bond motifs is 2. The Labute approximate surface area is 196 Å². The zero-order chi connectivity index (χ0) is 22.6. The van der Waals surface area contributed by atoms with E-state index in [2.05, 4.69) is 20.2 Å². The molecule has 0 saturated carbocycles. The first-order valence-electron chi connectivity index (χ1n) is 10.5. The Morgan fingerprint density at radius 3 is 2.82 bits per heavy atom. The number of anilines is 1. The zero-order valence-corrected chi connectivity index (χ0v) is 18.5. The Balaban J connectivity index is 1.29. The molecule has 1 aliphatic rings. The molecule has 166 valence electrons. The van der Waals surface area contributed by atoms with Crippen LogP contribution in [0.25, 0.3) is 0 Å². The number of aromatic nitrogens is 2. The van der Waals surface area contributed by atoms with E-state index in [4.69, 9.17) is 20.8 Å².